The lowest BCUT2D eigenvalue weighted by molar-refractivity contribution is -0.118. The second kappa shape index (κ2) is 8.31. The van der Waals surface area contributed by atoms with Gasteiger partial charge in [0.2, 0.25) is 5.91 Å². The lowest BCUT2D eigenvalue weighted by Crippen LogP contribution is -2.39. The summed E-state index contributed by atoms with van der Waals surface area (Å²) in [5.74, 6) is 0.365. The Hall–Kier alpha value is -2.14. The number of halogens is 1. The van der Waals surface area contributed by atoms with E-state index in [0.717, 1.165) is 25.1 Å². The summed E-state index contributed by atoms with van der Waals surface area (Å²) in [4.78, 5) is 18.1. The normalized spacial score (nSPS) is 25.3. The van der Waals surface area contributed by atoms with Crippen LogP contribution in [0.4, 0.5) is 10.1 Å². The van der Waals surface area contributed by atoms with Crippen molar-refractivity contribution >= 4 is 22.9 Å². The van der Waals surface area contributed by atoms with E-state index in [0.29, 0.717) is 24.1 Å². The topological polar surface area (TPSA) is 99.5 Å². The minimum absolute atomic E-state index is 0.142. The maximum atomic E-state index is 14.8. The molecule has 156 valence electrons. The number of hydrogen-bond acceptors (Lipinski definition) is 5. The Labute approximate surface area is 170 Å². The molecule has 1 aliphatic heterocycles. The lowest BCUT2D eigenvalue weighted by atomic mass is 9.80. The third-order valence-corrected chi connectivity index (χ3v) is 6.14. The maximum Gasteiger partial charge on any atom is 0.245 e. The molecule has 0 radical (unpaired) electrons. The monoisotopic (exact) mass is 421 g/mol. The quantitative estimate of drug-likeness (QED) is 0.683. The van der Waals surface area contributed by atoms with E-state index in [1.165, 1.54) is 11.0 Å². The average Bonchev–Trinajstić information content (AvgIpc) is 3.25. The molecule has 1 saturated heterocycles. The fraction of sp³-hybridized carbons (Fsp3) is 0.474. The summed E-state index contributed by atoms with van der Waals surface area (Å²) in [6.45, 7) is 0.253. The fourth-order valence-electron chi connectivity index (χ4n) is 4.02. The van der Waals surface area contributed by atoms with Crippen LogP contribution in [0.25, 0.3) is 5.69 Å². The molecular formula is C19H22FN4O4S-. The first kappa shape index (κ1) is 20.1. The molecule has 4 rings (SSSR count). The molecule has 0 bridgehead atoms. The van der Waals surface area contributed by atoms with Gasteiger partial charge in [0.05, 0.1) is 17.8 Å². The lowest BCUT2D eigenvalue weighted by Gasteiger charge is -2.33. The van der Waals surface area contributed by atoms with E-state index < -0.39 is 29.0 Å². The van der Waals surface area contributed by atoms with Crippen LogP contribution in [0.15, 0.2) is 30.6 Å². The molecule has 1 aliphatic carbocycles. The summed E-state index contributed by atoms with van der Waals surface area (Å²) >= 11 is -2.54. The van der Waals surface area contributed by atoms with Crippen LogP contribution in [0, 0.1) is 11.7 Å². The van der Waals surface area contributed by atoms with E-state index in [-0.39, 0.29) is 12.2 Å². The fourth-order valence-corrected chi connectivity index (χ4v) is 4.47. The van der Waals surface area contributed by atoms with Crippen molar-refractivity contribution in [1.29, 1.82) is 0 Å². The zero-order chi connectivity index (χ0) is 20.5. The molecule has 1 aromatic heterocycles. The molecule has 29 heavy (non-hydrogen) atoms. The number of rotatable bonds is 7. The highest BCUT2D eigenvalue weighted by atomic mass is 32.2. The second-order valence-electron chi connectivity index (χ2n) is 7.43. The summed E-state index contributed by atoms with van der Waals surface area (Å²) in [5, 5.41) is 0. The van der Waals surface area contributed by atoms with Crippen molar-refractivity contribution in [3.8, 4) is 5.69 Å². The van der Waals surface area contributed by atoms with Gasteiger partial charge in [-0.05, 0) is 37.3 Å². The van der Waals surface area contributed by atoms with Crippen LogP contribution in [-0.2, 0) is 27.2 Å². The first-order valence-corrected chi connectivity index (χ1v) is 10.6. The van der Waals surface area contributed by atoms with Gasteiger partial charge in [-0.15, -0.1) is 0 Å². The van der Waals surface area contributed by atoms with Crippen molar-refractivity contribution in [1.82, 2.24) is 14.3 Å². The predicted molar refractivity (Wildman–Crippen MR) is 104 cm³/mol. The number of amides is 1. The standard InChI is InChI=1S/C19H23FN4O4S/c1-28-14-8-12(9-14)10-18-21-5-7-23(18)13-2-3-17(15(20)11-13)24-6-4-16(19(24)25)22-29(26)27/h2-3,5,7,11-12,14,16,22H,4,6,8-10H2,1H3,(H,26,27)/p-1. The first-order chi connectivity index (χ1) is 14.0. The van der Waals surface area contributed by atoms with Gasteiger partial charge in [-0.3, -0.25) is 9.00 Å². The number of anilines is 1. The number of nitrogens with one attached hydrogen (secondary N) is 1. The van der Waals surface area contributed by atoms with E-state index in [2.05, 4.69) is 9.71 Å². The van der Waals surface area contributed by atoms with Gasteiger partial charge in [0.15, 0.2) is 0 Å². The highest BCUT2D eigenvalue weighted by Gasteiger charge is 2.34. The number of imidazole rings is 1. The first-order valence-electron chi connectivity index (χ1n) is 9.48. The Kier molecular flexibility index (Phi) is 5.77. The number of methoxy groups -OCH3 is 1. The Morgan fingerprint density at radius 3 is 2.90 bits per heavy atom. The molecule has 1 N–H and O–H groups in total. The van der Waals surface area contributed by atoms with E-state index in [1.54, 1.807) is 31.6 Å². The molecule has 1 saturated carbocycles. The second-order valence-corrected chi connectivity index (χ2v) is 8.14. The number of benzene rings is 1. The number of carbonyl (C=O) groups is 1. The number of hydrogen-bond donors (Lipinski definition) is 1. The molecule has 2 unspecified atom stereocenters. The molecule has 2 atom stereocenters. The van der Waals surface area contributed by atoms with E-state index in [1.807, 2.05) is 4.57 Å². The third kappa shape index (κ3) is 4.11. The molecule has 2 aromatic rings. The minimum atomic E-state index is -2.54. The number of aromatic nitrogens is 2. The van der Waals surface area contributed by atoms with E-state index >= 15 is 0 Å². The van der Waals surface area contributed by atoms with Crippen molar-refractivity contribution in [2.45, 2.75) is 37.8 Å². The molecule has 0 spiro atoms. The third-order valence-electron chi connectivity index (χ3n) is 5.66. The Bertz CT molecular complexity index is 931. The molecular weight excluding hydrogens is 399 g/mol. The largest absolute Gasteiger partial charge is 0.760 e. The van der Waals surface area contributed by atoms with Gasteiger partial charge in [-0.25, -0.2) is 14.1 Å². The van der Waals surface area contributed by atoms with E-state index in [4.69, 9.17) is 4.74 Å². The molecule has 2 fully saturated rings. The van der Waals surface area contributed by atoms with Crippen LogP contribution in [0.3, 0.4) is 0 Å². The summed E-state index contributed by atoms with van der Waals surface area (Å²) in [5.41, 5.74) is 0.770. The summed E-state index contributed by atoms with van der Waals surface area (Å²) in [6, 6.07) is 3.81. The minimum Gasteiger partial charge on any atom is -0.760 e. The van der Waals surface area contributed by atoms with Crippen molar-refractivity contribution < 1.29 is 22.7 Å². The van der Waals surface area contributed by atoms with Crippen LogP contribution in [-0.4, -0.2) is 50.0 Å². The molecule has 2 aliphatic rings. The van der Waals surface area contributed by atoms with Gasteiger partial charge in [0.1, 0.15) is 11.6 Å². The zero-order valence-corrected chi connectivity index (χ0v) is 16.7. The van der Waals surface area contributed by atoms with Gasteiger partial charge in [-0.2, -0.15) is 0 Å². The molecule has 8 nitrogen and oxygen atoms in total. The number of ether oxygens (including phenoxy) is 1. The number of carbonyl (C=O) groups excluding carboxylic acids is 1. The molecule has 10 heteroatoms. The molecule has 2 heterocycles. The van der Waals surface area contributed by atoms with Gasteiger partial charge < -0.3 is 18.8 Å². The van der Waals surface area contributed by atoms with Crippen molar-refractivity contribution in [3.63, 3.8) is 0 Å². The van der Waals surface area contributed by atoms with Crippen LogP contribution >= 0.6 is 0 Å². The predicted octanol–water partition coefficient (Wildman–Crippen LogP) is 1.47. The average molecular weight is 421 g/mol. The van der Waals surface area contributed by atoms with Gasteiger partial charge in [0, 0.05) is 55.5 Å². The van der Waals surface area contributed by atoms with Gasteiger partial charge >= 0.3 is 0 Å². The van der Waals surface area contributed by atoms with Crippen molar-refractivity contribution in [2.24, 2.45) is 5.92 Å². The van der Waals surface area contributed by atoms with Gasteiger partial charge in [0.25, 0.3) is 0 Å². The number of nitrogens with zero attached hydrogens (tertiary/aromatic N) is 3. The Balaban J connectivity index is 1.50. The molecule has 1 aromatic carbocycles. The van der Waals surface area contributed by atoms with Crippen LogP contribution < -0.4 is 9.62 Å². The zero-order valence-electron chi connectivity index (χ0n) is 15.9. The van der Waals surface area contributed by atoms with Crippen molar-refractivity contribution in [2.75, 3.05) is 18.6 Å². The highest BCUT2D eigenvalue weighted by molar-refractivity contribution is 7.77. The van der Waals surface area contributed by atoms with E-state index in [9.17, 15) is 17.9 Å². The van der Waals surface area contributed by atoms with Gasteiger partial charge in [-0.1, -0.05) is 0 Å². The van der Waals surface area contributed by atoms with Crippen LogP contribution in [0.5, 0.6) is 0 Å². The van der Waals surface area contributed by atoms with Crippen molar-refractivity contribution in [3.05, 3.63) is 42.2 Å². The smallest absolute Gasteiger partial charge is 0.245 e. The molecule has 1 amide bonds. The summed E-state index contributed by atoms with van der Waals surface area (Å²) in [7, 11) is 1.72. The summed E-state index contributed by atoms with van der Waals surface area (Å²) in [6.07, 6.45) is 6.88. The van der Waals surface area contributed by atoms with Crippen LogP contribution in [0.2, 0.25) is 0 Å². The highest BCUT2D eigenvalue weighted by Crippen LogP contribution is 2.33. The summed E-state index contributed by atoms with van der Waals surface area (Å²) < 4.78 is 45.7. The van der Waals surface area contributed by atoms with Crippen LogP contribution in [0.1, 0.15) is 25.1 Å². The Morgan fingerprint density at radius 2 is 2.21 bits per heavy atom. The SMILES string of the molecule is COC1CC(Cc2nccn2-c2ccc(N3CCC(NS(=O)[O-])C3=O)c(F)c2)C1. The maximum absolute atomic E-state index is 14.8. The Morgan fingerprint density at radius 1 is 1.41 bits per heavy atom.